The first-order valence-corrected chi connectivity index (χ1v) is 11.3. The van der Waals surface area contributed by atoms with E-state index in [9.17, 15) is 8.42 Å². The summed E-state index contributed by atoms with van der Waals surface area (Å²) in [5, 5.41) is 0. The van der Waals surface area contributed by atoms with E-state index >= 15 is 0 Å². The zero-order valence-electron chi connectivity index (χ0n) is 18.8. The van der Waals surface area contributed by atoms with E-state index in [1.807, 2.05) is 18.2 Å². The van der Waals surface area contributed by atoms with Gasteiger partial charge >= 0.3 is 0 Å². The highest BCUT2D eigenvalue weighted by molar-refractivity contribution is 7.88. The van der Waals surface area contributed by atoms with E-state index in [-0.39, 0.29) is 12.3 Å². The van der Waals surface area contributed by atoms with Gasteiger partial charge in [-0.15, -0.1) is 0 Å². The summed E-state index contributed by atoms with van der Waals surface area (Å²) in [7, 11) is 3.76. The van der Waals surface area contributed by atoms with Crippen molar-refractivity contribution < 1.29 is 32.1 Å². The van der Waals surface area contributed by atoms with E-state index in [4.69, 9.17) is 23.7 Å². The number of nitrogens with zero attached hydrogens (tertiary/aromatic N) is 1. The molecule has 1 unspecified atom stereocenters. The van der Waals surface area contributed by atoms with Crippen LogP contribution in [-0.4, -0.2) is 61.1 Å². The highest BCUT2D eigenvalue weighted by atomic mass is 32.2. The van der Waals surface area contributed by atoms with Crippen molar-refractivity contribution in [1.82, 2.24) is 4.31 Å². The van der Waals surface area contributed by atoms with Gasteiger partial charge in [0.15, 0.2) is 17.8 Å². The Hall–Kier alpha value is -2.33. The number of rotatable bonds is 12. The largest absolute Gasteiger partial charge is 0.493 e. The van der Waals surface area contributed by atoms with E-state index in [1.54, 1.807) is 31.2 Å². The lowest BCUT2D eigenvalue weighted by molar-refractivity contribution is -0.110. The van der Waals surface area contributed by atoms with E-state index in [2.05, 4.69) is 0 Å². The van der Waals surface area contributed by atoms with Crippen LogP contribution in [-0.2, 0) is 25.2 Å². The zero-order valence-corrected chi connectivity index (χ0v) is 19.6. The molecule has 0 amide bonds. The Bertz CT molecular complexity index is 905. The molecule has 0 saturated carbocycles. The Morgan fingerprint density at radius 1 is 0.871 bits per heavy atom. The van der Waals surface area contributed by atoms with E-state index in [1.165, 1.54) is 39.9 Å². The van der Waals surface area contributed by atoms with Gasteiger partial charge < -0.3 is 23.7 Å². The van der Waals surface area contributed by atoms with Crippen molar-refractivity contribution in [3.05, 3.63) is 53.6 Å². The molecular weight excluding hydrogens is 422 g/mol. The normalized spacial score (nSPS) is 12.8. The average molecular weight is 454 g/mol. The number of sulfonamides is 1. The fraction of sp³-hybridized carbons (Fsp3) is 0.455. The second-order valence-electron chi connectivity index (χ2n) is 6.85. The molecule has 0 N–H and O–H groups in total. The topological polar surface area (TPSA) is 83.5 Å². The van der Waals surface area contributed by atoms with Crippen LogP contribution in [0.2, 0.25) is 0 Å². The van der Waals surface area contributed by atoms with Crippen LogP contribution in [0.25, 0.3) is 0 Å². The van der Waals surface area contributed by atoms with Gasteiger partial charge in [-0.2, -0.15) is 4.31 Å². The summed E-state index contributed by atoms with van der Waals surface area (Å²) in [6.07, 6.45) is -0.727. The molecule has 0 aliphatic carbocycles. The van der Waals surface area contributed by atoms with Gasteiger partial charge in [0.1, 0.15) is 0 Å². The first-order chi connectivity index (χ1) is 14.8. The van der Waals surface area contributed by atoms with Crippen molar-refractivity contribution in [2.24, 2.45) is 0 Å². The molecule has 0 aromatic heterocycles. The standard InChI is InChI=1S/C22H31NO7S/c1-16(18-12-19(26-2)22(30-6)20(13-18)27-3)23(14-21(28-4)29-5)31(24,25)15-17-10-8-7-9-11-17/h7-13,16,21H,14-15H2,1-6H3. The highest BCUT2D eigenvalue weighted by Crippen LogP contribution is 2.41. The van der Waals surface area contributed by atoms with Crippen molar-refractivity contribution in [3.63, 3.8) is 0 Å². The summed E-state index contributed by atoms with van der Waals surface area (Å²) >= 11 is 0. The molecule has 0 heterocycles. The van der Waals surface area contributed by atoms with E-state index < -0.39 is 22.4 Å². The third-order valence-corrected chi connectivity index (χ3v) is 6.88. The molecule has 9 heteroatoms. The second kappa shape index (κ2) is 11.3. The molecule has 2 rings (SSSR count). The highest BCUT2D eigenvalue weighted by Gasteiger charge is 2.32. The molecule has 8 nitrogen and oxygen atoms in total. The van der Waals surface area contributed by atoms with Gasteiger partial charge in [0.2, 0.25) is 15.8 Å². The molecule has 0 bridgehead atoms. The van der Waals surface area contributed by atoms with Crippen molar-refractivity contribution in [1.29, 1.82) is 0 Å². The Kier molecular flexibility index (Phi) is 9.12. The molecule has 0 aliphatic rings. The molecule has 172 valence electrons. The lowest BCUT2D eigenvalue weighted by Gasteiger charge is -2.31. The molecule has 0 spiro atoms. The van der Waals surface area contributed by atoms with Gasteiger partial charge in [0.05, 0.1) is 33.6 Å². The fourth-order valence-electron chi connectivity index (χ4n) is 3.28. The Morgan fingerprint density at radius 2 is 1.42 bits per heavy atom. The molecule has 0 fully saturated rings. The number of benzene rings is 2. The average Bonchev–Trinajstić information content (AvgIpc) is 2.78. The van der Waals surface area contributed by atoms with Crippen molar-refractivity contribution in [2.45, 2.75) is 25.0 Å². The van der Waals surface area contributed by atoms with Crippen LogP contribution in [0.4, 0.5) is 0 Å². The maximum absolute atomic E-state index is 13.4. The molecule has 2 aromatic carbocycles. The summed E-state index contributed by atoms with van der Waals surface area (Å²) in [5.41, 5.74) is 1.37. The van der Waals surface area contributed by atoms with Crippen molar-refractivity contribution in [2.75, 3.05) is 42.1 Å². The summed E-state index contributed by atoms with van der Waals surface area (Å²) in [4.78, 5) is 0. The lowest BCUT2D eigenvalue weighted by atomic mass is 10.1. The van der Waals surface area contributed by atoms with Crippen LogP contribution < -0.4 is 14.2 Å². The SMILES string of the molecule is COc1cc(C(C)N(CC(OC)OC)S(=O)(=O)Cc2ccccc2)cc(OC)c1OC. The Morgan fingerprint density at radius 3 is 1.87 bits per heavy atom. The van der Waals surface area contributed by atoms with Gasteiger partial charge in [-0.3, -0.25) is 0 Å². The van der Waals surface area contributed by atoms with Crippen molar-refractivity contribution >= 4 is 10.0 Å². The smallest absolute Gasteiger partial charge is 0.219 e. The quantitative estimate of drug-likeness (QED) is 0.456. The van der Waals surface area contributed by atoms with Crippen LogP contribution in [0.3, 0.4) is 0 Å². The monoisotopic (exact) mass is 453 g/mol. The predicted molar refractivity (Wildman–Crippen MR) is 118 cm³/mol. The fourth-order valence-corrected chi connectivity index (χ4v) is 5.01. The number of methoxy groups -OCH3 is 5. The van der Waals surface area contributed by atoms with Gasteiger partial charge in [0.25, 0.3) is 0 Å². The third kappa shape index (κ3) is 6.10. The molecule has 2 aromatic rings. The molecule has 1 atom stereocenters. The second-order valence-corrected chi connectivity index (χ2v) is 8.77. The maximum Gasteiger partial charge on any atom is 0.219 e. The van der Waals surface area contributed by atoms with Gasteiger partial charge in [-0.1, -0.05) is 30.3 Å². The Labute approximate surface area is 184 Å². The number of hydrogen-bond donors (Lipinski definition) is 0. The first-order valence-electron chi connectivity index (χ1n) is 9.70. The molecule has 0 radical (unpaired) electrons. The summed E-state index contributed by atoms with van der Waals surface area (Å²) in [6, 6.07) is 12.0. The van der Waals surface area contributed by atoms with E-state index in [0.29, 0.717) is 28.4 Å². The molecule has 0 aliphatic heterocycles. The molecule has 0 saturated heterocycles. The lowest BCUT2D eigenvalue weighted by Crippen LogP contribution is -2.41. The van der Waals surface area contributed by atoms with Crippen LogP contribution in [0.15, 0.2) is 42.5 Å². The van der Waals surface area contributed by atoms with Gasteiger partial charge in [-0.25, -0.2) is 8.42 Å². The van der Waals surface area contributed by atoms with Crippen LogP contribution in [0.5, 0.6) is 17.2 Å². The van der Waals surface area contributed by atoms with Crippen LogP contribution >= 0.6 is 0 Å². The summed E-state index contributed by atoms with van der Waals surface area (Å²) < 4.78 is 55.1. The minimum Gasteiger partial charge on any atom is -0.493 e. The van der Waals surface area contributed by atoms with Crippen LogP contribution in [0.1, 0.15) is 24.1 Å². The zero-order chi connectivity index (χ0) is 23.0. The van der Waals surface area contributed by atoms with Crippen molar-refractivity contribution in [3.8, 4) is 17.2 Å². The maximum atomic E-state index is 13.4. The molecule has 31 heavy (non-hydrogen) atoms. The number of ether oxygens (including phenoxy) is 5. The van der Waals surface area contributed by atoms with Crippen LogP contribution in [0, 0.1) is 0 Å². The minimum absolute atomic E-state index is 0.0139. The van der Waals surface area contributed by atoms with Gasteiger partial charge in [0, 0.05) is 20.3 Å². The number of hydrogen-bond acceptors (Lipinski definition) is 7. The molecular formula is C22H31NO7S. The Balaban J connectivity index is 2.50. The third-order valence-electron chi connectivity index (χ3n) is 5.01. The van der Waals surface area contributed by atoms with Gasteiger partial charge in [-0.05, 0) is 30.2 Å². The first kappa shape index (κ1) is 24.9. The minimum atomic E-state index is -3.73. The predicted octanol–water partition coefficient (Wildman–Crippen LogP) is 3.22. The summed E-state index contributed by atoms with van der Waals surface area (Å²) in [5.74, 6) is 1.17. The summed E-state index contributed by atoms with van der Waals surface area (Å²) in [6.45, 7) is 1.81. The van der Waals surface area contributed by atoms with E-state index in [0.717, 1.165) is 0 Å².